The Hall–Kier alpha value is -2.12. The van der Waals surface area contributed by atoms with Gasteiger partial charge in [-0.25, -0.2) is 14.4 Å². The lowest BCUT2D eigenvalue weighted by atomic mass is 10.2. The zero-order valence-corrected chi connectivity index (χ0v) is 15.2. The predicted molar refractivity (Wildman–Crippen MR) is 98.9 cm³/mol. The van der Waals surface area contributed by atoms with Gasteiger partial charge in [-0.2, -0.15) is 0 Å². The molecule has 25 heavy (non-hydrogen) atoms. The van der Waals surface area contributed by atoms with E-state index in [1.165, 1.54) is 6.20 Å². The predicted octanol–water partition coefficient (Wildman–Crippen LogP) is 3.25. The third-order valence-electron chi connectivity index (χ3n) is 4.35. The van der Waals surface area contributed by atoms with E-state index in [2.05, 4.69) is 40.7 Å². The summed E-state index contributed by atoms with van der Waals surface area (Å²) in [5, 5.41) is 1.02. The molecule has 4 rings (SSSR count). The van der Waals surface area contributed by atoms with Gasteiger partial charge in [-0.1, -0.05) is 15.9 Å². The molecule has 0 amide bonds. The number of fused-ring (bicyclic) bond motifs is 1. The van der Waals surface area contributed by atoms with Gasteiger partial charge < -0.3 is 4.90 Å². The molecule has 0 radical (unpaired) electrons. The van der Waals surface area contributed by atoms with Crippen molar-refractivity contribution in [3.63, 3.8) is 0 Å². The van der Waals surface area contributed by atoms with Crippen LogP contribution in [0.3, 0.4) is 0 Å². The van der Waals surface area contributed by atoms with E-state index in [0.717, 1.165) is 53.1 Å². The summed E-state index contributed by atoms with van der Waals surface area (Å²) in [6, 6.07) is 7.55. The third-order valence-corrected chi connectivity index (χ3v) is 4.85. The maximum atomic E-state index is 13.2. The van der Waals surface area contributed by atoms with Crippen LogP contribution in [-0.4, -0.2) is 46.0 Å². The van der Waals surface area contributed by atoms with E-state index in [4.69, 9.17) is 0 Å². The lowest BCUT2D eigenvalue weighted by molar-refractivity contribution is 0.248. The number of nitrogens with zero attached hydrogens (tertiary/aromatic N) is 5. The first-order valence-electron chi connectivity index (χ1n) is 8.16. The fraction of sp³-hybridized carbons (Fsp3) is 0.278. The number of benzene rings is 1. The van der Waals surface area contributed by atoms with Crippen LogP contribution in [0.2, 0.25) is 0 Å². The minimum Gasteiger partial charge on any atom is -0.338 e. The van der Waals surface area contributed by atoms with Gasteiger partial charge in [-0.15, -0.1) is 0 Å². The number of hydrogen-bond donors (Lipinski definition) is 0. The van der Waals surface area contributed by atoms with Crippen molar-refractivity contribution in [3.8, 4) is 0 Å². The monoisotopic (exact) mass is 401 g/mol. The number of aromatic nitrogens is 3. The smallest absolute Gasteiger partial charge is 0.225 e. The highest BCUT2D eigenvalue weighted by Crippen LogP contribution is 2.20. The first-order chi connectivity index (χ1) is 12.2. The number of piperazine rings is 1. The molecular formula is C18H17BrFN5. The first kappa shape index (κ1) is 16.4. The molecule has 7 heteroatoms. The van der Waals surface area contributed by atoms with Gasteiger partial charge in [-0.05, 0) is 29.8 Å². The fourth-order valence-electron chi connectivity index (χ4n) is 3.05. The number of halogens is 2. The SMILES string of the molecule is Fc1cncc(CN2CCN(c3ncc4cc(Br)ccc4n3)CC2)c1. The second kappa shape index (κ2) is 7.01. The maximum absolute atomic E-state index is 13.2. The Morgan fingerprint density at radius 2 is 1.88 bits per heavy atom. The molecule has 128 valence electrons. The van der Waals surface area contributed by atoms with Crippen molar-refractivity contribution >= 4 is 32.8 Å². The summed E-state index contributed by atoms with van der Waals surface area (Å²) in [5.74, 6) is 0.481. The number of rotatable bonds is 3. The summed E-state index contributed by atoms with van der Waals surface area (Å²) in [5.41, 5.74) is 1.85. The van der Waals surface area contributed by atoms with Gasteiger partial charge in [0.05, 0.1) is 11.7 Å². The fourth-order valence-corrected chi connectivity index (χ4v) is 3.43. The summed E-state index contributed by atoms with van der Waals surface area (Å²) in [6.07, 6.45) is 4.82. The third kappa shape index (κ3) is 3.77. The van der Waals surface area contributed by atoms with Gasteiger partial charge in [0, 0.05) is 55.0 Å². The maximum Gasteiger partial charge on any atom is 0.225 e. The molecule has 2 aromatic heterocycles. The molecule has 0 unspecified atom stereocenters. The second-order valence-electron chi connectivity index (χ2n) is 6.15. The van der Waals surface area contributed by atoms with Crippen molar-refractivity contribution in [2.24, 2.45) is 0 Å². The van der Waals surface area contributed by atoms with E-state index in [1.807, 2.05) is 24.4 Å². The van der Waals surface area contributed by atoms with Crippen molar-refractivity contribution in [2.75, 3.05) is 31.1 Å². The Balaban J connectivity index is 1.42. The van der Waals surface area contributed by atoms with E-state index in [0.29, 0.717) is 6.54 Å². The molecule has 1 saturated heterocycles. The van der Waals surface area contributed by atoms with Gasteiger partial charge >= 0.3 is 0 Å². The number of anilines is 1. The van der Waals surface area contributed by atoms with Crippen LogP contribution < -0.4 is 4.90 Å². The summed E-state index contributed by atoms with van der Waals surface area (Å²) in [7, 11) is 0. The lowest BCUT2D eigenvalue weighted by Crippen LogP contribution is -2.46. The molecule has 3 aromatic rings. The van der Waals surface area contributed by atoms with Crippen LogP contribution in [0, 0.1) is 5.82 Å². The molecule has 1 fully saturated rings. The van der Waals surface area contributed by atoms with Gasteiger partial charge in [0.25, 0.3) is 0 Å². The standard InChI is InChI=1S/C18H17BrFN5/c19-15-1-2-17-14(8-15)10-22-18(23-17)25-5-3-24(4-6-25)12-13-7-16(20)11-21-9-13/h1-2,7-11H,3-6,12H2. The number of hydrogen-bond acceptors (Lipinski definition) is 5. The van der Waals surface area contributed by atoms with Crippen LogP contribution in [0.15, 0.2) is 47.3 Å². The Labute approximate surface area is 153 Å². The molecule has 0 spiro atoms. The van der Waals surface area contributed by atoms with Gasteiger partial charge in [0.2, 0.25) is 5.95 Å². The molecule has 3 heterocycles. The van der Waals surface area contributed by atoms with E-state index < -0.39 is 0 Å². The molecule has 1 aliphatic heterocycles. The summed E-state index contributed by atoms with van der Waals surface area (Å²) < 4.78 is 14.3. The van der Waals surface area contributed by atoms with Crippen molar-refractivity contribution in [1.29, 1.82) is 0 Å². The molecule has 0 saturated carbocycles. The van der Waals surface area contributed by atoms with E-state index in [-0.39, 0.29) is 5.82 Å². The average molecular weight is 402 g/mol. The minimum absolute atomic E-state index is 0.285. The summed E-state index contributed by atoms with van der Waals surface area (Å²) in [6.45, 7) is 4.19. The molecule has 0 N–H and O–H groups in total. The van der Waals surface area contributed by atoms with Crippen molar-refractivity contribution < 1.29 is 4.39 Å². The Bertz CT molecular complexity index is 896. The van der Waals surface area contributed by atoms with Gasteiger partial charge in [-0.3, -0.25) is 9.88 Å². The van der Waals surface area contributed by atoms with Crippen LogP contribution in [0.4, 0.5) is 10.3 Å². The molecule has 0 bridgehead atoms. The van der Waals surface area contributed by atoms with E-state index in [9.17, 15) is 4.39 Å². The molecule has 1 aliphatic rings. The molecule has 0 aliphatic carbocycles. The largest absolute Gasteiger partial charge is 0.338 e. The van der Waals surface area contributed by atoms with Crippen LogP contribution in [0.1, 0.15) is 5.56 Å². The van der Waals surface area contributed by atoms with Crippen molar-refractivity contribution in [2.45, 2.75) is 6.54 Å². The molecule has 1 aromatic carbocycles. The van der Waals surface area contributed by atoms with Gasteiger partial charge in [0.15, 0.2) is 0 Å². The lowest BCUT2D eigenvalue weighted by Gasteiger charge is -2.34. The molecular weight excluding hydrogens is 385 g/mol. The Morgan fingerprint density at radius 3 is 2.68 bits per heavy atom. The van der Waals surface area contributed by atoms with E-state index in [1.54, 1.807) is 12.3 Å². The molecule has 0 atom stereocenters. The summed E-state index contributed by atoms with van der Waals surface area (Å²) >= 11 is 3.47. The quantitative estimate of drug-likeness (QED) is 0.673. The van der Waals surface area contributed by atoms with Gasteiger partial charge in [0.1, 0.15) is 5.82 Å². The Kier molecular flexibility index (Phi) is 4.59. The summed E-state index contributed by atoms with van der Waals surface area (Å²) in [4.78, 5) is 17.6. The minimum atomic E-state index is -0.285. The molecule has 5 nitrogen and oxygen atoms in total. The van der Waals surface area contributed by atoms with Crippen LogP contribution in [-0.2, 0) is 6.54 Å². The highest BCUT2D eigenvalue weighted by Gasteiger charge is 2.19. The van der Waals surface area contributed by atoms with Crippen LogP contribution in [0.25, 0.3) is 10.9 Å². The Morgan fingerprint density at radius 1 is 1.04 bits per heavy atom. The topological polar surface area (TPSA) is 45.2 Å². The zero-order valence-electron chi connectivity index (χ0n) is 13.6. The van der Waals surface area contributed by atoms with Crippen LogP contribution >= 0.6 is 15.9 Å². The first-order valence-corrected chi connectivity index (χ1v) is 8.96. The van der Waals surface area contributed by atoms with Crippen molar-refractivity contribution in [3.05, 3.63) is 58.7 Å². The van der Waals surface area contributed by atoms with Crippen LogP contribution in [0.5, 0.6) is 0 Å². The highest BCUT2D eigenvalue weighted by atomic mass is 79.9. The average Bonchev–Trinajstić information content (AvgIpc) is 2.62. The highest BCUT2D eigenvalue weighted by molar-refractivity contribution is 9.10. The number of pyridine rings is 1. The van der Waals surface area contributed by atoms with E-state index >= 15 is 0 Å². The van der Waals surface area contributed by atoms with Crippen molar-refractivity contribution in [1.82, 2.24) is 19.9 Å². The zero-order chi connectivity index (χ0) is 17.2. The second-order valence-corrected chi connectivity index (χ2v) is 7.06. The normalized spacial score (nSPS) is 15.7.